The molecule has 1 saturated heterocycles. The van der Waals surface area contributed by atoms with Gasteiger partial charge in [-0.25, -0.2) is 0 Å². The molecular formula is C39H32N2. The minimum atomic E-state index is -0.0988. The number of hydrogen-bond donors (Lipinski definition) is 0. The van der Waals surface area contributed by atoms with Crippen molar-refractivity contribution in [2.45, 2.75) is 25.9 Å². The Morgan fingerprint density at radius 2 is 1.41 bits per heavy atom. The lowest BCUT2D eigenvalue weighted by molar-refractivity contribution is 0.204. The van der Waals surface area contributed by atoms with E-state index in [0.29, 0.717) is 0 Å². The van der Waals surface area contributed by atoms with Gasteiger partial charge in [0.15, 0.2) is 0 Å². The molecule has 0 saturated carbocycles. The molecule has 5 aromatic rings. The number of anilines is 1. The van der Waals surface area contributed by atoms with Crippen LogP contribution in [0.3, 0.4) is 0 Å². The number of nitrogens with zero attached hydrogens (tertiary/aromatic N) is 2. The Bertz CT molecular complexity index is 1880. The fraction of sp³-hybridized carbons (Fsp3) is 0.154. The zero-order valence-corrected chi connectivity index (χ0v) is 23.4. The van der Waals surface area contributed by atoms with Crippen LogP contribution in [0.5, 0.6) is 0 Å². The van der Waals surface area contributed by atoms with Gasteiger partial charge in [-0.1, -0.05) is 117 Å². The van der Waals surface area contributed by atoms with Gasteiger partial charge in [-0.05, 0) is 74.5 Å². The number of pyridine rings is 1. The molecule has 198 valence electrons. The zero-order chi connectivity index (χ0) is 27.6. The second kappa shape index (κ2) is 8.91. The minimum Gasteiger partial charge on any atom is -0.356 e. The maximum absolute atomic E-state index is 4.41. The highest BCUT2D eigenvalue weighted by atomic mass is 15.3. The van der Waals surface area contributed by atoms with E-state index >= 15 is 0 Å². The summed E-state index contributed by atoms with van der Waals surface area (Å²) in [7, 11) is 0. The van der Waals surface area contributed by atoms with Gasteiger partial charge in [0.2, 0.25) is 0 Å². The molecule has 4 atom stereocenters. The Labute approximate surface area is 242 Å². The fourth-order valence-electron chi connectivity index (χ4n) is 7.53. The van der Waals surface area contributed by atoms with Crippen LogP contribution in [-0.4, -0.2) is 11.0 Å². The Morgan fingerprint density at radius 1 is 0.659 bits per heavy atom. The van der Waals surface area contributed by atoms with E-state index in [2.05, 4.69) is 151 Å². The molecule has 0 amide bonds. The van der Waals surface area contributed by atoms with Crippen molar-refractivity contribution in [3.05, 3.63) is 157 Å². The van der Waals surface area contributed by atoms with Crippen LogP contribution >= 0.6 is 0 Å². The first kappa shape index (κ1) is 24.1. The topological polar surface area (TPSA) is 16.1 Å². The van der Waals surface area contributed by atoms with E-state index in [1.807, 2.05) is 18.5 Å². The van der Waals surface area contributed by atoms with Gasteiger partial charge in [-0.2, -0.15) is 0 Å². The molecule has 0 bridgehead atoms. The Hall–Kier alpha value is -4.69. The quantitative estimate of drug-likeness (QED) is 0.232. The Balaban J connectivity index is 1.28. The van der Waals surface area contributed by atoms with Gasteiger partial charge in [0.1, 0.15) is 0 Å². The molecule has 2 heteroatoms. The fourth-order valence-corrected chi connectivity index (χ4v) is 7.53. The third kappa shape index (κ3) is 3.53. The number of allylic oxidation sites excluding steroid dienone is 2. The predicted molar refractivity (Wildman–Crippen MR) is 171 cm³/mol. The zero-order valence-electron chi connectivity index (χ0n) is 23.4. The normalized spacial score (nSPS) is 25.9. The first-order valence-electron chi connectivity index (χ1n) is 14.5. The molecule has 41 heavy (non-hydrogen) atoms. The van der Waals surface area contributed by atoms with Crippen LogP contribution in [0.1, 0.15) is 36.6 Å². The van der Waals surface area contributed by atoms with Crippen molar-refractivity contribution in [1.82, 2.24) is 4.98 Å². The highest BCUT2D eigenvalue weighted by Crippen LogP contribution is 2.66. The lowest BCUT2D eigenvalue weighted by Crippen LogP contribution is -2.40. The van der Waals surface area contributed by atoms with Crippen molar-refractivity contribution in [3.63, 3.8) is 0 Å². The van der Waals surface area contributed by atoms with Crippen LogP contribution in [0.4, 0.5) is 5.69 Å². The number of benzene rings is 4. The molecule has 1 fully saturated rings. The van der Waals surface area contributed by atoms with Gasteiger partial charge < -0.3 is 4.90 Å². The van der Waals surface area contributed by atoms with Crippen LogP contribution < -0.4 is 4.90 Å². The number of rotatable bonds is 3. The van der Waals surface area contributed by atoms with Crippen LogP contribution in [0.15, 0.2) is 140 Å². The molecule has 8 rings (SSSR count). The second-order valence-electron chi connectivity index (χ2n) is 12.1. The molecule has 0 spiro atoms. The summed E-state index contributed by atoms with van der Waals surface area (Å²) in [6.07, 6.45) is 15.9. The van der Waals surface area contributed by atoms with Gasteiger partial charge in [0, 0.05) is 28.9 Å². The molecule has 4 aromatic carbocycles. The SMILES string of the molecule is CC12C=CC(c3cccnc3)=CC1N(c1ccccc1)C1c3ccc(-c4ccc5ccccc5c4)cc3C=CC12C. The van der Waals surface area contributed by atoms with Gasteiger partial charge in [0.05, 0.1) is 12.1 Å². The summed E-state index contributed by atoms with van der Waals surface area (Å²) < 4.78 is 0. The molecule has 0 radical (unpaired) electrons. The maximum Gasteiger partial charge on any atom is 0.0652 e. The molecule has 2 aliphatic carbocycles. The van der Waals surface area contributed by atoms with Crippen molar-refractivity contribution in [3.8, 4) is 11.1 Å². The lowest BCUT2D eigenvalue weighted by Gasteiger charge is -2.44. The van der Waals surface area contributed by atoms with Crippen LogP contribution in [-0.2, 0) is 0 Å². The molecule has 3 aliphatic rings. The van der Waals surface area contributed by atoms with Crippen molar-refractivity contribution in [1.29, 1.82) is 0 Å². The van der Waals surface area contributed by atoms with Crippen LogP contribution in [0, 0.1) is 10.8 Å². The molecule has 1 aliphatic heterocycles. The largest absolute Gasteiger partial charge is 0.356 e. The van der Waals surface area contributed by atoms with E-state index in [1.54, 1.807) is 0 Å². The van der Waals surface area contributed by atoms with Crippen molar-refractivity contribution in [2.24, 2.45) is 10.8 Å². The molecule has 2 nitrogen and oxygen atoms in total. The first-order chi connectivity index (χ1) is 20.0. The molecule has 0 N–H and O–H groups in total. The van der Waals surface area contributed by atoms with Crippen molar-refractivity contribution < 1.29 is 0 Å². The molecular weight excluding hydrogens is 496 g/mol. The minimum absolute atomic E-state index is 0.0928. The van der Waals surface area contributed by atoms with Crippen LogP contribution in [0.2, 0.25) is 0 Å². The van der Waals surface area contributed by atoms with E-state index in [-0.39, 0.29) is 22.9 Å². The summed E-state index contributed by atoms with van der Waals surface area (Å²) in [5.41, 5.74) is 8.68. The van der Waals surface area contributed by atoms with E-state index in [9.17, 15) is 0 Å². The standard InChI is InChI=1S/C39H32N2/c1-38-20-18-31(33-11-8-22-40-26-33)25-36(38)41(34-12-4-3-5-13-34)37-35-17-16-30(24-32(35)19-21-39(37,38)2)29-15-14-27-9-6-7-10-28(27)23-29/h3-26,36-37H,1-2H3. The third-order valence-corrected chi connectivity index (χ3v) is 9.99. The van der Waals surface area contributed by atoms with Gasteiger partial charge in [-0.3, -0.25) is 4.98 Å². The third-order valence-electron chi connectivity index (χ3n) is 9.99. The van der Waals surface area contributed by atoms with E-state index in [4.69, 9.17) is 0 Å². The molecule has 4 unspecified atom stereocenters. The highest BCUT2D eigenvalue weighted by Gasteiger charge is 2.63. The number of hydrogen-bond acceptors (Lipinski definition) is 2. The maximum atomic E-state index is 4.41. The van der Waals surface area contributed by atoms with Crippen molar-refractivity contribution in [2.75, 3.05) is 4.90 Å². The Kier molecular flexibility index (Phi) is 5.24. The average Bonchev–Trinajstić information content (AvgIpc) is 3.24. The number of para-hydroxylation sites is 1. The summed E-state index contributed by atoms with van der Waals surface area (Å²) in [5.74, 6) is 0. The molecule has 2 heterocycles. The summed E-state index contributed by atoms with van der Waals surface area (Å²) in [4.78, 5) is 7.08. The van der Waals surface area contributed by atoms with Crippen LogP contribution in [0.25, 0.3) is 33.5 Å². The smallest absolute Gasteiger partial charge is 0.0652 e. The summed E-state index contributed by atoms with van der Waals surface area (Å²) >= 11 is 0. The summed E-state index contributed by atoms with van der Waals surface area (Å²) in [6, 6.07) is 38.0. The van der Waals surface area contributed by atoms with Crippen molar-refractivity contribution >= 4 is 28.1 Å². The average molecular weight is 529 g/mol. The van der Waals surface area contributed by atoms with E-state index in [0.717, 1.165) is 5.56 Å². The first-order valence-corrected chi connectivity index (χ1v) is 14.5. The molecule has 1 aromatic heterocycles. The Morgan fingerprint density at radius 3 is 2.24 bits per heavy atom. The van der Waals surface area contributed by atoms with E-state index < -0.39 is 0 Å². The van der Waals surface area contributed by atoms with Gasteiger partial charge in [-0.15, -0.1) is 0 Å². The predicted octanol–water partition coefficient (Wildman–Crippen LogP) is 9.52. The summed E-state index contributed by atoms with van der Waals surface area (Å²) in [5, 5.41) is 2.55. The number of aromatic nitrogens is 1. The summed E-state index contributed by atoms with van der Waals surface area (Å²) in [6.45, 7) is 4.90. The van der Waals surface area contributed by atoms with Gasteiger partial charge in [0.25, 0.3) is 0 Å². The second-order valence-corrected chi connectivity index (χ2v) is 12.1. The monoisotopic (exact) mass is 528 g/mol. The van der Waals surface area contributed by atoms with Gasteiger partial charge >= 0.3 is 0 Å². The highest BCUT2D eigenvalue weighted by molar-refractivity contribution is 5.88. The van der Waals surface area contributed by atoms with E-state index in [1.165, 1.54) is 44.3 Å². The number of fused-ring (bicyclic) bond motifs is 6. The lowest BCUT2D eigenvalue weighted by atomic mass is 9.58.